The molecule has 1 heterocycles. The lowest BCUT2D eigenvalue weighted by Crippen LogP contribution is -2.49. The number of rotatable bonds is 5. The zero-order valence-corrected chi connectivity index (χ0v) is 12.7. The van der Waals surface area contributed by atoms with Gasteiger partial charge in [-0.3, -0.25) is 9.69 Å². The van der Waals surface area contributed by atoms with Gasteiger partial charge in [0.05, 0.1) is 6.54 Å². The molecule has 1 saturated heterocycles. The number of carbonyl (C=O) groups is 1. The van der Waals surface area contributed by atoms with Crippen LogP contribution in [0.2, 0.25) is 5.02 Å². The lowest BCUT2D eigenvalue weighted by molar-refractivity contribution is -0.122. The van der Waals surface area contributed by atoms with Crippen molar-refractivity contribution in [1.82, 2.24) is 15.1 Å². The molecule has 1 fully saturated rings. The number of hydrogen-bond acceptors (Lipinski definition) is 3. The van der Waals surface area contributed by atoms with Crippen LogP contribution in [-0.4, -0.2) is 55.0 Å². The van der Waals surface area contributed by atoms with Crippen LogP contribution >= 0.6 is 11.6 Å². The van der Waals surface area contributed by atoms with Crippen molar-refractivity contribution in [3.05, 3.63) is 34.9 Å². The molecule has 1 aromatic rings. The van der Waals surface area contributed by atoms with Gasteiger partial charge in [-0.25, -0.2) is 0 Å². The van der Waals surface area contributed by atoms with E-state index in [2.05, 4.69) is 22.0 Å². The Kier molecular flexibility index (Phi) is 5.83. The average molecular weight is 296 g/mol. The normalized spacial score (nSPS) is 17.1. The number of piperazine rings is 1. The number of nitrogens with zero attached hydrogens (tertiary/aromatic N) is 2. The first-order valence-corrected chi connectivity index (χ1v) is 7.51. The molecule has 2 rings (SSSR count). The quantitative estimate of drug-likeness (QED) is 0.896. The van der Waals surface area contributed by atoms with Gasteiger partial charge in [-0.15, -0.1) is 0 Å². The van der Waals surface area contributed by atoms with Gasteiger partial charge in [0.1, 0.15) is 0 Å². The predicted molar refractivity (Wildman–Crippen MR) is 81.9 cm³/mol. The summed E-state index contributed by atoms with van der Waals surface area (Å²) in [6.45, 7) is 8.38. The van der Waals surface area contributed by atoms with Gasteiger partial charge in [0.15, 0.2) is 0 Å². The third-order valence-corrected chi connectivity index (χ3v) is 3.93. The topological polar surface area (TPSA) is 35.6 Å². The van der Waals surface area contributed by atoms with Gasteiger partial charge in [-0.1, -0.05) is 30.7 Å². The largest absolute Gasteiger partial charge is 0.351 e. The number of benzene rings is 1. The van der Waals surface area contributed by atoms with Gasteiger partial charge >= 0.3 is 0 Å². The fourth-order valence-corrected chi connectivity index (χ4v) is 2.45. The molecule has 0 unspecified atom stereocenters. The number of likely N-dealkylation sites (N-methyl/N-ethyl adjacent to an activating group) is 1. The van der Waals surface area contributed by atoms with E-state index in [4.69, 9.17) is 11.6 Å². The van der Waals surface area contributed by atoms with Crippen LogP contribution in [0.3, 0.4) is 0 Å². The van der Waals surface area contributed by atoms with Gasteiger partial charge in [-0.05, 0) is 24.2 Å². The summed E-state index contributed by atoms with van der Waals surface area (Å²) in [5.41, 5.74) is 1.07. The van der Waals surface area contributed by atoms with Crippen LogP contribution in [0.5, 0.6) is 0 Å². The standard InChI is InChI=1S/C15H22ClN3O/c1-2-18-7-9-19(10-8-18)12-15(20)17-11-13-3-5-14(16)6-4-13/h3-6H,2,7-12H2,1H3,(H,17,20). The van der Waals surface area contributed by atoms with E-state index in [0.29, 0.717) is 18.1 Å². The van der Waals surface area contributed by atoms with Crippen molar-refractivity contribution in [3.8, 4) is 0 Å². The average Bonchev–Trinajstić information content (AvgIpc) is 2.47. The summed E-state index contributed by atoms with van der Waals surface area (Å²) >= 11 is 5.83. The molecule has 20 heavy (non-hydrogen) atoms. The fraction of sp³-hybridized carbons (Fsp3) is 0.533. The Morgan fingerprint density at radius 3 is 2.35 bits per heavy atom. The van der Waals surface area contributed by atoms with Crippen molar-refractivity contribution < 1.29 is 4.79 Å². The van der Waals surface area contributed by atoms with Gasteiger partial charge in [0, 0.05) is 37.7 Å². The molecule has 1 aliphatic rings. The monoisotopic (exact) mass is 295 g/mol. The van der Waals surface area contributed by atoms with E-state index < -0.39 is 0 Å². The van der Waals surface area contributed by atoms with E-state index >= 15 is 0 Å². The van der Waals surface area contributed by atoms with Crippen molar-refractivity contribution in [2.45, 2.75) is 13.5 Å². The number of halogens is 1. The molecule has 5 heteroatoms. The second-order valence-corrected chi connectivity index (χ2v) is 5.55. The lowest BCUT2D eigenvalue weighted by atomic mass is 10.2. The minimum atomic E-state index is 0.0879. The molecule has 0 aromatic heterocycles. The van der Waals surface area contributed by atoms with Crippen LogP contribution < -0.4 is 5.32 Å². The smallest absolute Gasteiger partial charge is 0.234 e. The second kappa shape index (κ2) is 7.62. The Morgan fingerprint density at radius 2 is 1.75 bits per heavy atom. The molecule has 0 radical (unpaired) electrons. The van der Waals surface area contributed by atoms with Gasteiger partial charge < -0.3 is 10.2 Å². The lowest BCUT2D eigenvalue weighted by Gasteiger charge is -2.33. The molecule has 0 aliphatic carbocycles. The number of nitrogens with one attached hydrogen (secondary N) is 1. The molecule has 0 saturated carbocycles. The summed E-state index contributed by atoms with van der Waals surface area (Å²) in [5, 5.41) is 3.67. The van der Waals surface area contributed by atoms with E-state index in [1.165, 1.54) is 0 Å². The summed E-state index contributed by atoms with van der Waals surface area (Å²) in [7, 11) is 0. The van der Waals surface area contributed by atoms with E-state index in [1.54, 1.807) is 0 Å². The third kappa shape index (κ3) is 4.78. The van der Waals surface area contributed by atoms with Crippen LogP contribution in [0.4, 0.5) is 0 Å². The minimum Gasteiger partial charge on any atom is -0.351 e. The Bertz CT molecular complexity index is 427. The SMILES string of the molecule is CCN1CCN(CC(=O)NCc2ccc(Cl)cc2)CC1. The van der Waals surface area contributed by atoms with Gasteiger partial charge in [0.2, 0.25) is 5.91 Å². The van der Waals surface area contributed by atoms with E-state index in [9.17, 15) is 4.79 Å². The first-order valence-electron chi connectivity index (χ1n) is 7.13. The molecule has 0 atom stereocenters. The minimum absolute atomic E-state index is 0.0879. The molecule has 1 aliphatic heterocycles. The Hall–Kier alpha value is -1.10. The Morgan fingerprint density at radius 1 is 1.15 bits per heavy atom. The zero-order valence-electron chi connectivity index (χ0n) is 11.9. The highest BCUT2D eigenvalue weighted by atomic mass is 35.5. The molecule has 0 bridgehead atoms. The number of amides is 1. The Labute approximate surface area is 125 Å². The maximum Gasteiger partial charge on any atom is 0.234 e. The van der Waals surface area contributed by atoms with Crippen LogP contribution in [-0.2, 0) is 11.3 Å². The molecule has 1 amide bonds. The van der Waals surface area contributed by atoms with Crippen molar-refractivity contribution in [3.63, 3.8) is 0 Å². The zero-order chi connectivity index (χ0) is 14.4. The summed E-state index contributed by atoms with van der Waals surface area (Å²) in [6, 6.07) is 7.55. The van der Waals surface area contributed by atoms with Crippen molar-refractivity contribution in [2.75, 3.05) is 39.3 Å². The molecule has 4 nitrogen and oxygen atoms in total. The van der Waals surface area contributed by atoms with Crippen LogP contribution in [0, 0.1) is 0 Å². The van der Waals surface area contributed by atoms with Crippen LogP contribution in [0.15, 0.2) is 24.3 Å². The first kappa shape index (κ1) is 15.3. The maximum absolute atomic E-state index is 11.9. The summed E-state index contributed by atoms with van der Waals surface area (Å²) in [5.74, 6) is 0.0879. The molecular weight excluding hydrogens is 274 g/mol. The molecule has 1 aromatic carbocycles. The molecular formula is C15H22ClN3O. The van der Waals surface area contributed by atoms with Crippen LogP contribution in [0.1, 0.15) is 12.5 Å². The number of hydrogen-bond donors (Lipinski definition) is 1. The number of carbonyl (C=O) groups excluding carboxylic acids is 1. The van der Waals surface area contributed by atoms with Gasteiger partial charge in [0.25, 0.3) is 0 Å². The van der Waals surface area contributed by atoms with Crippen molar-refractivity contribution in [2.24, 2.45) is 0 Å². The van der Waals surface area contributed by atoms with Crippen LogP contribution in [0.25, 0.3) is 0 Å². The highest BCUT2D eigenvalue weighted by Gasteiger charge is 2.17. The highest BCUT2D eigenvalue weighted by molar-refractivity contribution is 6.30. The Balaban J connectivity index is 1.69. The summed E-state index contributed by atoms with van der Waals surface area (Å²) < 4.78 is 0. The van der Waals surface area contributed by atoms with E-state index in [-0.39, 0.29) is 5.91 Å². The summed E-state index contributed by atoms with van der Waals surface area (Å²) in [6.07, 6.45) is 0. The van der Waals surface area contributed by atoms with Crippen molar-refractivity contribution >= 4 is 17.5 Å². The van der Waals surface area contributed by atoms with E-state index in [0.717, 1.165) is 38.3 Å². The first-order chi connectivity index (χ1) is 9.67. The fourth-order valence-electron chi connectivity index (χ4n) is 2.33. The second-order valence-electron chi connectivity index (χ2n) is 5.11. The maximum atomic E-state index is 11.9. The molecule has 110 valence electrons. The third-order valence-electron chi connectivity index (χ3n) is 3.68. The predicted octanol–water partition coefficient (Wildman–Crippen LogP) is 1.59. The highest BCUT2D eigenvalue weighted by Crippen LogP contribution is 2.09. The molecule has 0 spiro atoms. The van der Waals surface area contributed by atoms with Gasteiger partial charge in [-0.2, -0.15) is 0 Å². The molecule has 1 N–H and O–H groups in total. The summed E-state index contributed by atoms with van der Waals surface area (Å²) in [4.78, 5) is 16.5. The van der Waals surface area contributed by atoms with E-state index in [1.807, 2.05) is 24.3 Å². The van der Waals surface area contributed by atoms with Crippen molar-refractivity contribution in [1.29, 1.82) is 0 Å².